The van der Waals surface area contributed by atoms with Crippen molar-refractivity contribution in [3.8, 4) is 23.3 Å². The van der Waals surface area contributed by atoms with Crippen molar-refractivity contribution < 1.29 is 14.6 Å². The summed E-state index contributed by atoms with van der Waals surface area (Å²) in [6, 6.07) is 5.39. The molecule has 0 fully saturated rings. The van der Waals surface area contributed by atoms with Crippen LogP contribution in [0.15, 0.2) is 18.2 Å². The maximum atomic E-state index is 9.80. The lowest BCUT2D eigenvalue weighted by Crippen LogP contribution is -2.19. The van der Waals surface area contributed by atoms with Crippen LogP contribution in [0.5, 0.6) is 11.5 Å². The Labute approximate surface area is 102 Å². The summed E-state index contributed by atoms with van der Waals surface area (Å²) in [6.45, 7) is 3.58. The first-order valence-corrected chi connectivity index (χ1v) is 5.49. The molecule has 0 saturated carbocycles. The summed E-state index contributed by atoms with van der Waals surface area (Å²) in [7, 11) is 3.18. The molecule has 3 heteroatoms. The van der Waals surface area contributed by atoms with Gasteiger partial charge in [-0.2, -0.15) is 0 Å². The Morgan fingerprint density at radius 3 is 2.12 bits per heavy atom. The van der Waals surface area contributed by atoms with Crippen molar-refractivity contribution in [1.82, 2.24) is 0 Å². The standard InChI is InChI=1S/C14H18O3/c1-5-14(2,15)7-6-11-8-12(16-3)10-13(9-11)17-4/h8-10,15H,5H2,1-4H3. The van der Waals surface area contributed by atoms with Crippen LogP contribution in [0.1, 0.15) is 25.8 Å². The highest BCUT2D eigenvalue weighted by molar-refractivity contribution is 5.46. The van der Waals surface area contributed by atoms with Gasteiger partial charge in [0.05, 0.1) is 14.2 Å². The fourth-order valence-electron chi connectivity index (χ4n) is 1.17. The second-order valence-electron chi connectivity index (χ2n) is 3.98. The third-order valence-electron chi connectivity index (χ3n) is 2.52. The summed E-state index contributed by atoms with van der Waals surface area (Å²) in [4.78, 5) is 0. The number of benzene rings is 1. The normalized spacial score (nSPS) is 13.2. The predicted octanol–water partition coefficient (Wildman–Crippen LogP) is 2.22. The lowest BCUT2D eigenvalue weighted by molar-refractivity contribution is 0.118. The molecule has 0 bridgehead atoms. The molecule has 1 unspecified atom stereocenters. The van der Waals surface area contributed by atoms with Gasteiger partial charge in [-0.25, -0.2) is 0 Å². The highest BCUT2D eigenvalue weighted by Gasteiger charge is 2.12. The Kier molecular flexibility index (Phi) is 4.42. The SMILES string of the molecule is CCC(C)(O)C#Cc1cc(OC)cc(OC)c1. The number of aliphatic hydroxyl groups is 1. The van der Waals surface area contributed by atoms with Gasteiger partial charge in [-0.15, -0.1) is 0 Å². The molecule has 0 aliphatic rings. The van der Waals surface area contributed by atoms with E-state index in [1.54, 1.807) is 39.3 Å². The van der Waals surface area contributed by atoms with E-state index in [0.717, 1.165) is 5.56 Å². The van der Waals surface area contributed by atoms with Crippen LogP contribution in [0.3, 0.4) is 0 Å². The van der Waals surface area contributed by atoms with Crippen LogP contribution >= 0.6 is 0 Å². The number of rotatable bonds is 3. The molecule has 1 aromatic rings. The van der Waals surface area contributed by atoms with Gasteiger partial charge in [0.1, 0.15) is 17.1 Å². The van der Waals surface area contributed by atoms with Crippen molar-refractivity contribution in [2.75, 3.05) is 14.2 Å². The first-order chi connectivity index (χ1) is 8.00. The highest BCUT2D eigenvalue weighted by Crippen LogP contribution is 2.22. The largest absolute Gasteiger partial charge is 0.497 e. The van der Waals surface area contributed by atoms with Gasteiger partial charge in [0.25, 0.3) is 0 Å². The van der Waals surface area contributed by atoms with Crippen LogP contribution < -0.4 is 9.47 Å². The second-order valence-corrected chi connectivity index (χ2v) is 3.98. The fourth-order valence-corrected chi connectivity index (χ4v) is 1.17. The van der Waals surface area contributed by atoms with Gasteiger partial charge in [0.2, 0.25) is 0 Å². The number of ether oxygens (including phenoxy) is 2. The smallest absolute Gasteiger partial charge is 0.123 e. The Balaban J connectivity index is 3.06. The van der Waals surface area contributed by atoms with Crippen LogP contribution in [-0.2, 0) is 0 Å². The Bertz CT molecular complexity index is 416. The molecule has 17 heavy (non-hydrogen) atoms. The van der Waals surface area contributed by atoms with Gasteiger partial charge in [-0.05, 0) is 25.5 Å². The molecule has 0 aromatic heterocycles. The summed E-state index contributed by atoms with van der Waals surface area (Å²) in [6.07, 6.45) is 0.584. The molecule has 92 valence electrons. The van der Waals surface area contributed by atoms with E-state index in [1.807, 2.05) is 6.92 Å². The summed E-state index contributed by atoms with van der Waals surface area (Å²) < 4.78 is 10.3. The molecule has 0 saturated heterocycles. The molecule has 1 atom stereocenters. The average Bonchev–Trinajstić information content (AvgIpc) is 2.36. The minimum absolute atomic E-state index is 0.584. The van der Waals surface area contributed by atoms with E-state index in [-0.39, 0.29) is 0 Å². The number of hydrogen-bond donors (Lipinski definition) is 1. The van der Waals surface area contributed by atoms with Crippen LogP contribution in [0.2, 0.25) is 0 Å². The van der Waals surface area contributed by atoms with Crippen LogP contribution in [0.25, 0.3) is 0 Å². The van der Waals surface area contributed by atoms with Crippen LogP contribution in [0, 0.1) is 11.8 Å². The van der Waals surface area contributed by atoms with E-state index < -0.39 is 5.60 Å². The predicted molar refractivity (Wildman–Crippen MR) is 67.3 cm³/mol. The molecular formula is C14H18O3. The van der Waals surface area contributed by atoms with Gasteiger partial charge < -0.3 is 14.6 Å². The molecule has 0 amide bonds. The molecular weight excluding hydrogens is 216 g/mol. The fraction of sp³-hybridized carbons (Fsp3) is 0.429. The summed E-state index contributed by atoms with van der Waals surface area (Å²) in [5, 5.41) is 9.80. The van der Waals surface area contributed by atoms with E-state index >= 15 is 0 Å². The molecule has 0 spiro atoms. The van der Waals surface area contributed by atoms with Crippen molar-refractivity contribution in [3.05, 3.63) is 23.8 Å². The first kappa shape index (κ1) is 13.4. The molecule has 0 aliphatic heterocycles. The van der Waals surface area contributed by atoms with Gasteiger partial charge in [0, 0.05) is 11.6 Å². The molecule has 0 radical (unpaired) electrons. The maximum absolute atomic E-state index is 9.80. The number of hydrogen-bond acceptors (Lipinski definition) is 3. The molecule has 1 aromatic carbocycles. The van der Waals surface area contributed by atoms with Crippen molar-refractivity contribution in [2.45, 2.75) is 25.9 Å². The van der Waals surface area contributed by atoms with Crippen molar-refractivity contribution >= 4 is 0 Å². The Morgan fingerprint density at radius 2 is 1.71 bits per heavy atom. The van der Waals surface area contributed by atoms with E-state index in [0.29, 0.717) is 17.9 Å². The Hall–Kier alpha value is -1.66. The lowest BCUT2D eigenvalue weighted by atomic mass is 10.0. The summed E-state index contributed by atoms with van der Waals surface area (Å²) in [5.41, 5.74) is -0.203. The molecule has 1 N–H and O–H groups in total. The maximum Gasteiger partial charge on any atom is 0.123 e. The third kappa shape index (κ3) is 4.01. The Morgan fingerprint density at radius 1 is 1.18 bits per heavy atom. The summed E-state index contributed by atoms with van der Waals surface area (Å²) >= 11 is 0. The van der Waals surface area contributed by atoms with Crippen LogP contribution in [-0.4, -0.2) is 24.9 Å². The van der Waals surface area contributed by atoms with Crippen molar-refractivity contribution in [2.24, 2.45) is 0 Å². The van der Waals surface area contributed by atoms with Crippen molar-refractivity contribution in [3.63, 3.8) is 0 Å². The topological polar surface area (TPSA) is 38.7 Å². The molecule has 1 rings (SSSR count). The zero-order valence-electron chi connectivity index (χ0n) is 10.7. The second kappa shape index (κ2) is 5.60. The monoisotopic (exact) mass is 234 g/mol. The molecule has 3 nitrogen and oxygen atoms in total. The van der Waals surface area contributed by atoms with Gasteiger partial charge >= 0.3 is 0 Å². The first-order valence-electron chi connectivity index (χ1n) is 5.49. The van der Waals surface area contributed by atoms with Crippen molar-refractivity contribution in [1.29, 1.82) is 0 Å². The van der Waals surface area contributed by atoms with E-state index in [1.165, 1.54) is 0 Å². The van der Waals surface area contributed by atoms with E-state index in [9.17, 15) is 5.11 Å². The van der Waals surface area contributed by atoms with Crippen LogP contribution in [0.4, 0.5) is 0 Å². The zero-order chi connectivity index (χ0) is 12.9. The van der Waals surface area contributed by atoms with Gasteiger partial charge in [-0.3, -0.25) is 0 Å². The molecule has 0 heterocycles. The summed E-state index contributed by atoms with van der Waals surface area (Å²) in [5.74, 6) is 7.12. The van der Waals surface area contributed by atoms with E-state index in [2.05, 4.69) is 11.8 Å². The molecule has 0 aliphatic carbocycles. The lowest BCUT2D eigenvalue weighted by Gasteiger charge is -2.12. The highest BCUT2D eigenvalue weighted by atomic mass is 16.5. The minimum Gasteiger partial charge on any atom is -0.497 e. The number of methoxy groups -OCH3 is 2. The van der Waals surface area contributed by atoms with Gasteiger partial charge in [-0.1, -0.05) is 18.8 Å². The quantitative estimate of drug-likeness (QED) is 0.815. The van der Waals surface area contributed by atoms with Gasteiger partial charge in [0.15, 0.2) is 0 Å². The minimum atomic E-state index is -0.962. The van der Waals surface area contributed by atoms with E-state index in [4.69, 9.17) is 9.47 Å². The zero-order valence-corrected chi connectivity index (χ0v) is 10.7. The average molecular weight is 234 g/mol. The third-order valence-corrected chi connectivity index (χ3v) is 2.52.